The average Bonchev–Trinajstić information content (AvgIpc) is 2.00. The van der Waals surface area contributed by atoms with E-state index in [2.05, 4.69) is 0 Å². The Kier molecular flexibility index (Phi) is 3.59. The lowest BCUT2D eigenvalue weighted by Crippen LogP contribution is -2.25. The number of hydrogen-bond acceptors (Lipinski definition) is 2. The second-order valence-corrected chi connectivity index (χ2v) is 2.85. The van der Waals surface area contributed by atoms with E-state index in [-0.39, 0.29) is 0 Å². The Hall–Kier alpha value is -1.04. The van der Waals surface area contributed by atoms with Gasteiger partial charge in [0, 0.05) is 0 Å². The summed E-state index contributed by atoms with van der Waals surface area (Å²) in [5.41, 5.74) is -1.18. The van der Waals surface area contributed by atoms with Crippen molar-refractivity contribution in [3.63, 3.8) is 0 Å². The van der Waals surface area contributed by atoms with E-state index in [4.69, 9.17) is 10.4 Å². The Bertz CT molecular complexity index is 183. The second-order valence-electron chi connectivity index (χ2n) is 2.85. The molecule has 0 aromatic carbocycles. The Balaban J connectivity index is 4.14. The minimum atomic E-state index is -1.18. The Labute approximate surface area is 66.6 Å². The van der Waals surface area contributed by atoms with Gasteiger partial charge in [-0.3, -0.25) is 4.79 Å². The lowest BCUT2D eigenvalue weighted by atomic mass is 9.87. The summed E-state index contributed by atoms with van der Waals surface area (Å²) in [5, 5.41) is 17.2. The minimum absolute atomic E-state index is 0.440. The van der Waals surface area contributed by atoms with Gasteiger partial charge in [-0.1, -0.05) is 19.8 Å². The van der Waals surface area contributed by atoms with E-state index >= 15 is 0 Å². The molecule has 0 saturated carbocycles. The van der Waals surface area contributed by atoms with Crippen LogP contribution in [0, 0.1) is 16.7 Å². The zero-order valence-electron chi connectivity index (χ0n) is 6.92. The van der Waals surface area contributed by atoms with E-state index in [0.717, 1.165) is 12.8 Å². The number of rotatable bonds is 4. The van der Waals surface area contributed by atoms with Crippen molar-refractivity contribution in [3.05, 3.63) is 0 Å². The summed E-state index contributed by atoms with van der Waals surface area (Å²) in [6.45, 7) is 3.44. The lowest BCUT2D eigenvalue weighted by molar-refractivity contribution is -0.145. The topological polar surface area (TPSA) is 61.1 Å². The van der Waals surface area contributed by atoms with Gasteiger partial charge in [-0.25, -0.2) is 0 Å². The first kappa shape index (κ1) is 9.96. The first-order valence-corrected chi connectivity index (χ1v) is 3.71. The van der Waals surface area contributed by atoms with Crippen molar-refractivity contribution in [2.24, 2.45) is 5.41 Å². The molecule has 0 aliphatic heterocycles. The van der Waals surface area contributed by atoms with Gasteiger partial charge >= 0.3 is 5.97 Å². The van der Waals surface area contributed by atoms with E-state index in [9.17, 15) is 4.79 Å². The van der Waals surface area contributed by atoms with Crippen LogP contribution in [0.15, 0.2) is 0 Å². The van der Waals surface area contributed by atoms with E-state index in [1.807, 2.05) is 13.0 Å². The lowest BCUT2D eigenvalue weighted by Gasteiger charge is -2.14. The molecule has 0 rings (SSSR count). The molecule has 0 aromatic rings. The molecular weight excluding hydrogens is 142 g/mol. The summed E-state index contributed by atoms with van der Waals surface area (Å²) in [6.07, 6.45) is 2.15. The predicted octanol–water partition coefficient (Wildman–Crippen LogP) is 1.79. The van der Waals surface area contributed by atoms with Crippen LogP contribution in [-0.4, -0.2) is 11.1 Å². The van der Waals surface area contributed by atoms with Gasteiger partial charge in [-0.2, -0.15) is 5.26 Å². The molecule has 3 heteroatoms. The predicted molar refractivity (Wildman–Crippen MR) is 40.9 cm³/mol. The molecule has 1 N–H and O–H groups in total. The molecule has 0 radical (unpaired) electrons. The number of nitriles is 1. The van der Waals surface area contributed by atoms with Crippen LogP contribution >= 0.6 is 0 Å². The number of nitrogens with zero attached hydrogens (tertiary/aromatic N) is 1. The van der Waals surface area contributed by atoms with Gasteiger partial charge in [0.05, 0.1) is 6.07 Å². The van der Waals surface area contributed by atoms with Crippen LogP contribution in [0.3, 0.4) is 0 Å². The molecule has 0 spiro atoms. The quantitative estimate of drug-likeness (QED) is 0.673. The van der Waals surface area contributed by atoms with Crippen molar-refractivity contribution < 1.29 is 9.90 Å². The number of unbranched alkanes of at least 4 members (excludes halogenated alkanes) is 1. The highest BCUT2D eigenvalue weighted by atomic mass is 16.4. The van der Waals surface area contributed by atoms with E-state index < -0.39 is 11.4 Å². The molecule has 3 nitrogen and oxygen atoms in total. The summed E-state index contributed by atoms with van der Waals surface area (Å²) in [4.78, 5) is 10.5. The van der Waals surface area contributed by atoms with E-state index in [0.29, 0.717) is 6.42 Å². The summed E-state index contributed by atoms with van der Waals surface area (Å²) in [7, 11) is 0. The van der Waals surface area contributed by atoms with Crippen LogP contribution in [0.1, 0.15) is 33.1 Å². The van der Waals surface area contributed by atoms with Crippen LogP contribution in [-0.2, 0) is 4.79 Å². The third-order valence-electron chi connectivity index (χ3n) is 1.75. The number of aliphatic carboxylic acids is 1. The summed E-state index contributed by atoms with van der Waals surface area (Å²) in [5.74, 6) is -1.02. The minimum Gasteiger partial charge on any atom is -0.480 e. The van der Waals surface area contributed by atoms with Gasteiger partial charge in [0.2, 0.25) is 0 Å². The maximum absolute atomic E-state index is 10.5. The molecule has 0 unspecified atom stereocenters. The third-order valence-corrected chi connectivity index (χ3v) is 1.75. The molecule has 0 bridgehead atoms. The van der Waals surface area contributed by atoms with Gasteiger partial charge in [-0.05, 0) is 13.3 Å². The van der Waals surface area contributed by atoms with Gasteiger partial charge < -0.3 is 5.11 Å². The van der Waals surface area contributed by atoms with E-state index in [1.54, 1.807) is 0 Å². The molecule has 0 aliphatic rings. The van der Waals surface area contributed by atoms with Gasteiger partial charge in [-0.15, -0.1) is 0 Å². The SMILES string of the molecule is CCCC[C@@](C)(C#N)C(=O)O. The number of carbonyl (C=O) groups is 1. The molecule has 0 aromatic heterocycles. The van der Waals surface area contributed by atoms with Gasteiger partial charge in [0.25, 0.3) is 0 Å². The monoisotopic (exact) mass is 155 g/mol. The van der Waals surface area contributed by atoms with Crippen molar-refractivity contribution in [2.45, 2.75) is 33.1 Å². The van der Waals surface area contributed by atoms with Crippen molar-refractivity contribution in [1.82, 2.24) is 0 Å². The third kappa shape index (κ3) is 2.58. The molecule has 0 heterocycles. The first-order chi connectivity index (χ1) is 5.06. The fraction of sp³-hybridized carbons (Fsp3) is 0.750. The normalized spacial score (nSPS) is 15.0. The highest BCUT2D eigenvalue weighted by Gasteiger charge is 2.31. The second kappa shape index (κ2) is 3.97. The maximum atomic E-state index is 10.5. The van der Waals surface area contributed by atoms with Crippen molar-refractivity contribution in [2.75, 3.05) is 0 Å². The van der Waals surface area contributed by atoms with Crippen LogP contribution in [0.25, 0.3) is 0 Å². The molecule has 0 saturated heterocycles. The van der Waals surface area contributed by atoms with Crippen molar-refractivity contribution in [1.29, 1.82) is 5.26 Å². The standard InChI is InChI=1S/C8H13NO2/c1-3-4-5-8(2,6-9)7(10)11/h3-5H2,1-2H3,(H,10,11)/t8-/m0/s1. The van der Waals surface area contributed by atoms with Gasteiger partial charge in [0.1, 0.15) is 0 Å². The Morgan fingerprint density at radius 3 is 2.55 bits per heavy atom. The zero-order chi connectivity index (χ0) is 8.91. The first-order valence-electron chi connectivity index (χ1n) is 3.71. The maximum Gasteiger partial charge on any atom is 0.323 e. The van der Waals surface area contributed by atoms with Crippen LogP contribution in [0.5, 0.6) is 0 Å². The van der Waals surface area contributed by atoms with Gasteiger partial charge in [0.15, 0.2) is 5.41 Å². The number of carboxylic acid groups (broad SMARTS) is 1. The van der Waals surface area contributed by atoms with Crippen LogP contribution < -0.4 is 0 Å². The summed E-state index contributed by atoms with van der Waals surface area (Å²) >= 11 is 0. The largest absolute Gasteiger partial charge is 0.480 e. The highest BCUT2D eigenvalue weighted by molar-refractivity contribution is 5.77. The molecule has 62 valence electrons. The van der Waals surface area contributed by atoms with Crippen molar-refractivity contribution >= 4 is 5.97 Å². The zero-order valence-corrected chi connectivity index (χ0v) is 6.92. The summed E-state index contributed by atoms with van der Waals surface area (Å²) in [6, 6.07) is 1.81. The summed E-state index contributed by atoms with van der Waals surface area (Å²) < 4.78 is 0. The molecule has 0 fully saturated rings. The fourth-order valence-electron chi connectivity index (χ4n) is 0.741. The Morgan fingerprint density at radius 1 is 1.73 bits per heavy atom. The smallest absolute Gasteiger partial charge is 0.323 e. The molecule has 0 aliphatic carbocycles. The number of carboxylic acids is 1. The molecule has 11 heavy (non-hydrogen) atoms. The van der Waals surface area contributed by atoms with Crippen LogP contribution in [0.2, 0.25) is 0 Å². The molecule has 1 atom stereocenters. The molecular formula is C8H13NO2. The van der Waals surface area contributed by atoms with E-state index in [1.165, 1.54) is 6.92 Å². The molecule has 0 amide bonds. The van der Waals surface area contributed by atoms with Crippen molar-refractivity contribution in [3.8, 4) is 6.07 Å². The Morgan fingerprint density at radius 2 is 2.27 bits per heavy atom. The number of hydrogen-bond donors (Lipinski definition) is 1. The fourth-order valence-corrected chi connectivity index (χ4v) is 0.741. The highest BCUT2D eigenvalue weighted by Crippen LogP contribution is 2.22. The van der Waals surface area contributed by atoms with Crippen LogP contribution in [0.4, 0.5) is 0 Å². The average molecular weight is 155 g/mol.